The van der Waals surface area contributed by atoms with E-state index in [1.54, 1.807) is 12.1 Å². The number of hydrogen-bond donors (Lipinski definition) is 2. The molecule has 0 saturated heterocycles. The first kappa shape index (κ1) is 23.9. The van der Waals surface area contributed by atoms with Crippen LogP contribution in [0.4, 0.5) is 0 Å². The third kappa shape index (κ3) is 6.39. The van der Waals surface area contributed by atoms with E-state index < -0.39 is 13.2 Å². The summed E-state index contributed by atoms with van der Waals surface area (Å²) in [5.41, 5.74) is 0.692. The first-order chi connectivity index (χ1) is 14.7. The van der Waals surface area contributed by atoms with Crippen LogP contribution >= 0.6 is 7.60 Å². The van der Waals surface area contributed by atoms with E-state index in [-0.39, 0.29) is 22.3 Å². The van der Waals surface area contributed by atoms with Gasteiger partial charge in [0.25, 0.3) is 0 Å². The van der Waals surface area contributed by atoms with E-state index in [2.05, 4.69) is 9.97 Å². The molecule has 3 rings (SSSR count). The van der Waals surface area contributed by atoms with Crippen molar-refractivity contribution in [2.45, 2.75) is 52.6 Å². The summed E-state index contributed by atoms with van der Waals surface area (Å²) >= 11 is 0. The molecular formula is C24H29N2O5P. The highest BCUT2D eigenvalue weighted by atomic mass is 31.2. The van der Waals surface area contributed by atoms with Crippen molar-refractivity contribution in [1.82, 2.24) is 9.97 Å². The van der Waals surface area contributed by atoms with E-state index in [0.717, 1.165) is 11.1 Å². The molecule has 8 heteroatoms. The summed E-state index contributed by atoms with van der Waals surface area (Å²) in [6, 6.07) is 15.6. The molecule has 0 amide bonds. The minimum atomic E-state index is -4.48. The van der Waals surface area contributed by atoms with Crippen molar-refractivity contribution in [3.8, 4) is 28.9 Å². The van der Waals surface area contributed by atoms with Gasteiger partial charge in [-0.25, -0.2) is 0 Å². The Balaban J connectivity index is 2.10. The van der Waals surface area contributed by atoms with Crippen LogP contribution < -0.4 is 14.8 Å². The van der Waals surface area contributed by atoms with E-state index >= 15 is 0 Å². The molecule has 0 spiro atoms. The highest BCUT2D eigenvalue weighted by molar-refractivity contribution is 7.60. The SMILES string of the molecule is CC(C)(C)Oc1cc(Oc2cc(C(C)(C)C)cc(P(=O)(O)O)c2)nc(-c2ccccc2)n1. The van der Waals surface area contributed by atoms with Crippen LogP contribution in [0.5, 0.6) is 17.5 Å². The van der Waals surface area contributed by atoms with Gasteiger partial charge < -0.3 is 19.3 Å². The second-order valence-electron chi connectivity index (χ2n) is 9.56. The van der Waals surface area contributed by atoms with Crippen molar-refractivity contribution in [2.24, 2.45) is 0 Å². The molecular weight excluding hydrogens is 427 g/mol. The second kappa shape index (κ2) is 8.66. The Morgan fingerprint density at radius 3 is 2.03 bits per heavy atom. The van der Waals surface area contributed by atoms with Gasteiger partial charge >= 0.3 is 7.60 Å². The molecule has 1 aromatic heterocycles. The fourth-order valence-corrected chi connectivity index (χ4v) is 3.51. The molecule has 1 heterocycles. The topological polar surface area (TPSA) is 102 Å². The lowest BCUT2D eigenvalue weighted by Gasteiger charge is -2.22. The van der Waals surface area contributed by atoms with Crippen LogP contribution in [-0.2, 0) is 9.98 Å². The zero-order valence-electron chi connectivity index (χ0n) is 19.2. The summed E-state index contributed by atoms with van der Waals surface area (Å²) in [6.07, 6.45) is 0. The molecule has 0 atom stereocenters. The Hall–Kier alpha value is -2.73. The van der Waals surface area contributed by atoms with E-state index in [1.807, 2.05) is 71.9 Å². The van der Waals surface area contributed by atoms with Crippen LogP contribution in [0.2, 0.25) is 0 Å². The standard InChI is InChI=1S/C24H29N2O5P/c1-23(2,3)17-12-18(14-19(13-17)32(27,28)29)30-20-15-21(31-24(4,5)6)26-22(25-20)16-10-8-7-9-11-16/h7-15H,1-6H3,(H2,27,28,29). The average Bonchev–Trinajstić information content (AvgIpc) is 2.65. The molecule has 7 nitrogen and oxygen atoms in total. The third-order valence-electron chi connectivity index (χ3n) is 4.44. The molecule has 0 aliphatic heterocycles. The van der Waals surface area contributed by atoms with Gasteiger partial charge in [0.05, 0.1) is 11.4 Å². The Labute approximate surface area is 188 Å². The van der Waals surface area contributed by atoms with Crippen LogP contribution in [0, 0.1) is 0 Å². The first-order valence-corrected chi connectivity index (χ1v) is 11.8. The number of ether oxygens (including phenoxy) is 2. The number of aromatic nitrogens is 2. The molecule has 0 radical (unpaired) electrons. The van der Waals surface area contributed by atoms with E-state index in [9.17, 15) is 14.4 Å². The van der Waals surface area contributed by atoms with E-state index in [4.69, 9.17) is 9.47 Å². The normalized spacial score (nSPS) is 12.5. The van der Waals surface area contributed by atoms with Gasteiger partial charge in [-0.1, -0.05) is 51.1 Å². The summed E-state index contributed by atoms with van der Waals surface area (Å²) in [5, 5.41) is -0.108. The zero-order valence-corrected chi connectivity index (χ0v) is 20.1. The van der Waals surface area contributed by atoms with Gasteiger partial charge in [0.15, 0.2) is 5.82 Å². The van der Waals surface area contributed by atoms with Crippen LogP contribution in [-0.4, -0.2) is 25.4 Å². The highest BCUT2D eigenvalue weighted by Gasteiger charge is 2.24. The number of nitrogens with zero attached hydrogens (tertiary/aromatic N) is 2. The number of benzene rings is 2. The van der Waals surface area contributed by atoms with Gasteiger partial charge in [0.1, 0.15) is 11.4 Å². The van der Waals surface area contributed by atoms with Gasteiger partial charge in [-0.2, -0.15) is 9.97 Å². The summed E-state index contributed by atoms with van der Waals surface area (Å²) in [6.45, 7) is 11.6. The van der Waals surface area contributed by atoms with Crippen molar-refractivity contribution in [3.63, 3.8) is 0 Å². The summed E-state index contributed by atoms with van der Waals surface area (Å²) in [5.74, 6) is 1.24. The Morgan fingerprint density at radius 2 is 1.47 bits per heavy atom. The molecule has 0 bridgehead atoms. The fourth-order valence-electron chi connectivity index (χ4n) is 2.90. The van der Waals surface area contributed by atoms with Crippen molar-refractivity contribution in [3.05, 3.63) is 60.2 Å². The smallest absolute Gasteiger partial charge is 0.356 e. The third-order valence-corrected chi connectivity index (χ3v) is 5.37. The monoisotopic (exact) mass is 456 g/mol. The lowest BCUT2D eigenvalue weighted by Crippen LogP contribution is -2.23. The summed E-state index contributed by atoms with van der Waals surface area (Å²) < 4.78 is 23.9. The van der Waals surface area contributed by atoms with Crippen LogP contribution in [0.1, 0.15) is 47.1 Å². The first-order valence-electron chi connectivity index (χ1n) is 10.2. The maximum Gasteiger partial charge on any atom is 0.356 e. The molecule has 0 saturated carbocycles. The van der Waals surface area contributed by atoms with Gasteiger partial charge in [0.2, 0.25) is 11.8 Å². The molecule has 32 heavy (non-hydrogen) atoms. The largest absolute Gasteiger partial charge is 0.472 e. The fraction of sp³-hybridized carbons (Fsp3) is 0.333. The van der Waals surface area contributed by atoms with Crippen molar-refractivity contribution in [2.75, 3.05) is 0 Å². The minimum Gasteiger partial charge on any atom is -0.472 e. The molecule has 0 aliphatic rings. The van der Waals surface area contributed by atoms with Gasteiger partial charge in [-0.3, -0.25) is 4.57 Å². The van der Waals surface area contributed by atoms with Crippen molar-refractivity contribution < 1.29 is 23.8 Å². The van der Waals surface area contributed by atoms with Crippen molar-refractivity contribution in [1.29, 1.82) is 0 Å². The second-order valence-corrected chi connectivity index (χ2v) is 11.2. The van der Waals surface area contributed by atoms with Crippen LogP contribution in [0.3, 0.4) is 0 Å². The molecule has 3 aromatic rings. The van der Waals surface area contributed by atoms with E-state index in [1.165, 1.54) is 12.1 Å². The molecule has 0 unspecified atom stereocenters. The Kier molecular flexibility index (Phi) is 6.47. The zero-order chi connectivity index (χ0) is 23.7. The van der Waals surface area contributed by atoms with Gasteiger partial charge in [0, 0.05) is 5.56 Å². The molecule has 2 N–H and O–H groups in total. The lowest BCUT2D eigenvalue weighted by molar-refractivity contribution is 0.123. The molecule has 0 aliphatic carbocycles. The summed E-state index contributed by atoms with van der Waals surface area (Å²) in [4.78, 5) is 28.5. The maximum absolute atomic E-state index is 12.0. The average molecular weight is 456 g/mol. The van der Waals surface area contributed by atoms with Crippen LogP contribution in [0.15, 0.2) is 54.6 Å². The minimum absolute atomic E-state index is 0.108. The van der Waals surface area contributed by atoms with Crippen molar-refractivity contribution >= 4 is 12.9 Å². The highest BCUT2D eigenvalue weighted by Crippen LogP contribution is 2.38. The maximum atomic E-state index is 12.0. The van der Waals surface area contributed by atoms with Gasteiger partial charge in [-0.15, -0.1) is 0 Å². The van der Waals surface area contributed by atoms with Gasteiger partial charge in [-0.05, 0) is 49.9 Å². The lowest BCUT2D eigenvalue weighted by atomic mass is 9.87. The predicted molar refractivity (Wildman–Crippen MR) is 125 cm³/mol. The number of rotatable bonds is 5. The predicted octanol–water partition coefficient (Wildman–Crippen LogP) is 5.21. The molecule has 170 valence electrons. The molecule has 2 aromatic carbocycles. The van der Waals surface area contributed by atoms with E-state index in [0.29, 0.717) is 11.7 Å². The van der Waals surface area contributed by atoms with Crippen LogP contribution in [0.25, 0.3) is 11.4 Å². The Bertz CT molecular complexity index is 1150. The quantitative estimate of drug-likeness (QED) is 0.508. The molecule has 0 fully saturated rings. The summed E-state index contributed by atoms with van der Waals surface area (Å²) in [7, 11) is -4.48. The Morgan fingerprint density at radius 1 is 0.844 bits per heavy atom. The number of hydrogen-bond acceptors (Lipinski definition) is 5.